The summed E-state index contributed by atoms with van der Waals surface area (Å²) < 4.78 is 1.01. The molecule has 1 aromatic rings. The van der Waals surface area contributed by atoms with E-state index in [0.29, 0.717) is 5.92 Å². The predicted molar refractivity (Wildman–Crippen MR) is 82.5 cm³/mol. The molecular formula is C15H21BrN2O2. The number of nitrogens with zero attached hydrogens (tertiary/aromatic N) is 1. The zero-order valence-corrected chi connectivity index (χ0v) is 13.3. The molecule has 0 radical (unpaired) electrons. The van der Waals surface area contributed by atoms with Gasteiger partial charge in [0.15, 0.2) is 0 Å². The van der Waals surface area contributed by atoms with Crippen LogP contribution in [0.1, 0.15) is 31.4 Å². The Labute approximate surface area is 128 Å². The number of urea groups is 1. The summed E-state index contributed by atoms with van der Waals surface area (Å²) in [6.07, 6.45) is 1.76. The van der Waals surface area contributed by atoms with Crippen molar-refractivity contribution in [1.29, 1.82) is 0 Å². The van der Waals surface area contributed by atoms with Crippen LogP contribution < -0.4 is 5.32 Å². The fourth-order valence-electron chi connectivity index (χ4n) is 2.50. The number of rotatable bonds is 3. The topological polar surface area (TPSA) is 52.6 Å². The number of hydrogen-bond donors (Lipinski definition) is 2. The second-order valence-corrected chi connectivity index (χ2v) is 6.16. The van der Waals surface area contributed by atoms with Crippen molar-refractivity contribution in [1.82, 2.24) is 10.2 Å². The Kier molecular flexibility index (Phi) is 5.43. The molecule has 1 heterocycles. The van der Waals surface area contributed by atoms with Crippen LogP contribution in [-0.4, -0.2) is 35.7 Å². The average Bonchev–Trinajstić information content (AvgIpc) is 2.47. The van der Waals surface area contributed by atoms with Gasteiger partial charge in [0.25, 0.3) is 0 Å². The van der Waals surface area contributed by atoms with E-state index < -0.39 is 0 Å². The van der Waals surface area contributed by atoms with Gasteiger partial charge in [0.1, 0.15) is 0 Å². The van der Waals surface area contributed by atoms with E-state index in [4.69, 9.17) is 5.11 Å². The van der Waals surface area contributed by atoms with Crippen molar-refractivity contribution in [2.75, 3.05) is 19.7 Å². The first-order valence-electron chi connectivity index (χ1n) is 7.02. The summed E-state index contributed by atoms with van der Waals surface area (Å²) in [6, 6.07) is 7.85. The molecule has 1 saturated heterocycles. The van der Waals surface area contributed by atoms with E-state index in [1.807, 2.05) is 36.1 Å². The molecule has 1 aliphatic rings. The number of benzene rings is 1. The predicted octanol–water partition coefficient (Wildman–Crippen LogP) is 2.92. The number of halogens is 1. The molecule has 2 rings (SSSR count). The maximum Gasteiger partial charge on any atom is 0.317 e. The first-order chi connectivity index (χ1) is 9.61. The zero-order chi connectivity index (χ0) is 14.5. The molecule has 0 aromatic heterocycles. The average molecular weight is 341 g/mol. The van der Waals surface area contributed by atoms with Crippen molar-refractivity contribution in [2.45, 2.75) is 25.8 Å². The minimum atomic E-state index is -0.0337. The van der Waals surface area contributed by atoms with Gasteiger partial charge in [-0.25, -0.2) is 4.79 Å². The number of nitrogens with one attached hydrogen (secondary N) is 1. The van der Waals surface area contributed by atoms with E-state index in [0.717, 1.165) is 36.0 Å². The lowest BCUT2D eigenvalue weighted by molar-refractivity contribution is 0.136. The van der Waals surface area contributed by atoms with Gasteiger partial charge in [0.2, 0.25) is 0 Å². The third-order valence-electron chi connectivity index (χ3n) is 3.87. The monoisotopic (exact) mass is 340 g/mol. The molecule has 4 nitrogen and oxygen atoms in total. The number of aliphatic hydroxyl groups is 1. The van der Waals surface area contributed by atoms with Crippen molar-refractivity contribution in [3.05, 3.63) is 34.3 Å². The van der Waals surface area contributed by atoms with Gasteiger partial charge in [-0.3, -0.25) is 0 Å². The molecule has 2 N–H and O–H groups in total. The lowest BCUT2D eigenvalue weighted by atomic mass is 9.98. The van der Waals surface area contributed by atoms with Crippen LogP contribution in [0, 0.1) is 5.92 Å². The van der Waals surface area contributed by atoms with Crippen LogP contribution >= 0.6 is 15.9 Å². The van der Waals surface area contributed by atoms with Crippen molar-refractivity contribution in [3.8, 4) is 0 Å². The summed E-state index contributed by atoms with van der Waals surface area (Å²) in [6.45, 7) is 3.65. The molecule has 5 heteroatoms. The summed E-state index contributed by atoms with van der Waals surface area (Å²) in [5.74, 6) is 0.347. The first-order valence-corrected chi connectivity index (χ1v) is 7.82. The molecule has 20 heavy (non-hydrogen) atoms. The van der Waals surface area contributed by atoms with E-state index in [-0.39, 0.29) is 18.7 Å². The Balaban J connectivity index is 1.90. The Morgan fingerprint density at radius 3 is 2.70 bits per heavy atom. The van der Waals surface area contributed by atoms with Crippen molar-refractivity contribution < 1.29 is 9.90 Å². The molecule has 1 unspecified atom stereocenters. The number of amides is 2. The summed E-state index contributed by atoms with van der Waals surface area (Å²) >= 11 is 3.51. The molecular weight excluding hydrogens is 320 g/mol. The summed E-state index contributed by atoms with van der Waals surface area (Å²) in [5.41, 5.74) is 1.08. The first kappa shape index (κ1) is 15.3. The minimum Gasteiger partial charge on any atom is -0.396 e. The van der Waals surface area contributed by atoms with Gasteiger partial charge < -0.3 is 15.3 Å². The zero-order valence-electron chi connectivity index (χ0n) is 11.7. The highest BCUT2D eigenvalue weighted by molar-refractivity contribution is 9.10. The van der Waals surface area contributed by atoms with Crippen LogP contribution in [0.25, 0.3) is 0 Å². The molecule has 0 spiro atoms. The van der Waals surface area contributed by atoms with Crippen LogP contribution in [0.3, 0.4) is 0 Å². The van der Waals surface area contributed by atoms with Crippen LogP contribution in [0.15, 0.2) is 28.7 Å². The molecule has 1 atom stereocenters. The highest BCUT2D eigenvalue weighted by atomic mass is 79.9. The van der Waals surface area contributed by atoms with Crippen LogP contribution in [0.5, 0.6) is 0 Å². The van der Waals surface area contributed by atoms with Gasteiger partial charge >= 0.3 is 6.03 Å². The second kappa shape index (κ2) is 7.09. The second-order valence-electron chi connectivity index (χ2n) is 5.31. The fraction of sp³-hybridized carbons (Fsp3) is 0.533. The van der Waals surface area contributed by atoms with Crippen molar-refractivity contribution in [2.24, 2.45) is 5.92 Å². The Bertz CT molecular complexity index is 459. The lowest BCUT2D eigenvalue weighted by Crippen LogP contribution is -2.45. The van der Waals surface area contributed by atoms with Crippen LogP contribution in [0.4, 0.5) is 4.79 Å². The molecule has 1 aliphatic heterocycles. The Morgan fingerprint density at radius 2 is 2.10 bits per heavy atom. The minimum absolute atomic E-state index is 0.0235. The largest absolute Gasteiger partial charge is 0.396 e. The van der Waals surface area contributed by atoms with E-state index >= 15 is 0 Å². The lowest BCUT2D eigenvalue weighted by Gasteiger charge is -2.32. The standard InChI is InChI=1S/C15H21BrN2O2/c1-11(13-4-2-3-5-14(13)16)17-15(20)18-8-6-12(10-19)7-9-18/h2-5,11-12,19H,6-10H2,1H3,(H,17,20). The molecule has 2 amide bonds. The maximum atomic E-state index is 12.2. The highest BCUT2D eigenvalue weighted by Gasteiger charge is 2.23. The SMILES string of the molecule is CC(NC(=O)N1CCC(CO)CC1)c1ccccc1Br. The smallest absolute Gasteiger partial charge is 0.317 e. The number of carbonyl (C=O) groups is 1. The molecule has 110 valence electrons. The quantitative estimate of drug-likeness (QED) is 0.888. The van der Waals surface area contributed by atoms with Crippen molar-refractivity contribution >= 4 is 22.0 Å². The number of likely N-dealkylation sites (tertiary alicyclic amines) is 1. The molecule has 0 saturated carbocycles. The van der Waals surface area contributed by atoms with Gasteiger partial charge in [-0.15, -0.1) is 0 Å². The summed E-state index contributed by atoms with van der Waals surface area (Å²) in [4.78, 5) is 14.1. The van der Waals surface area contributed by atoms with Crippen LogP contribution in [-0.2, 0) is 0 Å². The van der Waals surface area contributed by atoms with E-state index in [1.165, 1.54) is 0 Å². The van der Waals surface area contributed by atoms with Gasteiger partial charge in [-0.05, 0) is 37.3 Å². The molecule has 1 fully saturated rings. The van der Waals surface area contributed by atoms with Crippen molar-refractivity contribution in [3.63, 3.8) is 0 Å². The third kappa shape index (κ3) is 3.73. The number of piperidine rings is 1. The highest BCUT2D eigenvalue weighted by Crippen LogP contribution is 2.23. The third-order valence-corrected chi connectivity index (χ3v) is 4.59. The number of carbonyl (C=O) groups excluding carboxylic acids is 1. The maximum absolute atomic E-state index is 12.2. The molecule has 0 aliphatic carbocycles. The summed E-state index contributed by atoms with van der Waals surface area (Å²) in [5, 5.41) is 12.2. The van der Waals surface area contributed by atoms with Gasteiger partial charge in [-0.2, -0.15) is 0 Å². The Morgan fingerprint density at radius 1 is 1.45 bits per heavy atom. The fourth-order valence-corrected chi connectivity index (χ4v) is 3.13. The van der Waals surface area contributed by atoms with E-state index in [9.17, 15) is 4.79 Å². The van der Waals surface area contributed by atoms with Gasteiger partial charge in [0.05, 0.1) is 6.04 Å². The number of aliphatic hydroxyl groups excluding tert-OH is 1. The Hall–Kier alpha value is -1.07. The molecule has 0 bridgehead atoms. The van der Waals surface area contributed by atoms with Gasteiger partial charge in [0, 0.05) is 24.2 Å². The molecule has 1 aromatic carbocycles. The normalized spacial score (nSPS) is 17.9. The van der Waals surface area contributed by atoms with E-state index in [1.54, 1.807) is 0 Å². The summed E-state index contributed by atoms with van der Waals surface area (Å²) in [7, 11) is 0. The number of hydrogen-bond acceptors (Lipinski definition) is 2. The van der Waals surface area contributed by atoms with Crippen LogP contribution in [0.2, 0.25) is 0 Å². The van der Waals surface area contributed by atoms with E-state index in [2.05, 4.69) is 21.2 Å². The van der Waals surface area contributed by atoms with Gasteiger partial charge in [-0.1, -0.05) is 34.1 Å².